The average molecular weight is 365 g/mol. The van der Waals surface area contributed by atoms with Gasteiger partial charge in [-0.3, -0.25) is 4.79 Å². The molecule has 6 nitrogen and oxygen atoms in total. The van der Waals surface area contributed by atoms with Crippen LogP contribution in [0.1, 0.15) is 30.1 Å². The molecule has 140 valence electrons. The van der Waals surface area contributed by atoms with Crippen molar-refractivity contribution in [3.8, 4) is 0 Å². The summed E-state index contributed by atoms with van der Waals surface area (Å²) >= 11 is 0. The van der Waals surface area contributed by atoms with E-state index in [0.29, 0.717) is 28.7 Å². The normalized spacial score (nSPS) is 22.3. The monoisotopic (exact) mass is 365 g/mol. The molecule has 6 heteroatoms. The van der Waals surface area contributed by atoms with E-state index in [1.807, 2.05) is 24.3 Å². The first-order valence-electron chi connectivity index (χ1n) is 9.25. The van der Waals surface area contributed by atoms with Crippen molar-refractivity contribution in [3.05, 3.63) is 54.1 Å². The Morgan fingerprint density at radius 3 is 2.59 bits per heavy atom. The Hall–Kier alpha value is -2.86. The van der Waals surface area contributed by atoms with Crippen LogP contribution in [0.4, 0.5) is 21.9 Å². The number of rotatable bonds is 1. The lowest BCUT2D eigenvalue weighted by Gasteiger charge is -2.35. The van der Waals surface area contributed by atoms with Gasteiger partial charge in [0.2, 0.25) is 0 Å². The first-order valence-corrected chi connectivity index (χ1v) is 9.25. The number of benzene rings is 2. The van der Waals surface area contributed by atoms with Gasteiger partial charge in [0.25, 0.3) is 5.91 Å². The summed E-state index contributed by atoms with van der Waals surface area (Å²) in [6.45, 7) is 3.03. The molecule has 2 atom stereocenters. The molecule has 0 saturated carbocycles. The molecule has 2 aliphatic heterocycles. The molecule has 0 aromatic heterocycles. The van der Waals surface area contributed by atoms with Crippen LogP contribution < -0.4 is 10.2 Å². The highest BCUT2D eigenvalue weighted by atomic mass is 16.6. The molecule has 1 saturated heterocycles. The van der Waals surface area contributed by atoms with Gasteiger partial charge in [-0.25, -0.2) is 9.69 Å². The minimum absolute atomic E-state index is 0.130. The molecule has 27 heavy (non-hydrogen) atoms. The maximum Gasteiger partial charge on any atom is 0.419 e. The number of piperidine rings is 1. The number of hydrogen-bond acceptors (Lipinski definition) is 4. The van der Waals surface area contributed by atoms with Crippen LogP contribution >= 0.6 is 0 Å². The van der Waals surface area contributed by atoms with Crippen molar-refractivity contribution in [3.63, 3.8) is 0 Å². The van der Waals surface area contributed by atoms with E-state index < -0.39 is 6.09 Å². The minimum Gasteiger partial charge on any atom is -0.445 e. The van der Waals surface area contributed by atoms with Crippen LogP contribution in [0, 0.1) is 0 Å². The first-order chi connectivity index (χ1) is 13.0. The molecule has 0 aliphatic carbocycles. The Balaban J connectivity index is 1.70. The van der Waals surface area contributed by atoms with Crippen molar-refractivity contribution in [1.82, 2.24) is 4.90 Å². The Labute approximate surface area is 158 Å². The van der Waals surface area contributed by atoms with Crippen LogP contribution in [0.15, 0.2) is 48.5 Å². The highest BCUT2D eigenvalue weighted by Gasteiger charge is 2.33. The molecule has 0 radical (unpaired) electrons. The van der Waals surface area contributed by atoms with Gasteiger partial charge in [-0.05, 0) is 51.1 Å². The van der Waals surface area contributed by atoms with Crippen molar-refractivity contribution < 1.29 is 14.3 Å². The largest absolute Gasteiger partial charge is 0.445 e. The Kier molecular flexibility index (Phi) is 4.58. The standard InChI is InChI=1S/C21H23N3O3/c1-14-13-15(11-12-23(14)2)27-21(26)24-18-9-5-3-7-16(18)20(25)22-17-8-4-6-10-19(17)24/h3-10,14-15H,11-13H2,1-2H3,(H,22,25)/t14-,15+/m0/s1. The molecule has 2 heterocycles. The second-order valence-corrected chi connectivity index (χ2v) is 7.18. The van der Waals surface area contributed by atoms with Crippen molar-refractivity contribution in [2.24, 2.45) is 0 Å². The number of nitrogens with zero attached hydrogens (tertiary/aromatic N) is 2. The Morgan fingerprint density at radius 1 is 1.11 bits per heavy atom. The third kappa shape index (κ3) is 3.28. The van der Waals surface area contributed by atoms with Crippen molar-refractivity contribution in [2.75, 3.05) is 23.8 Å². The van der Waals surface area contributed by atoms with Gasteiger partial charge in [0, 0.05) is 12.6 Å². The molecule has 0 spiro atoms. The zero-order chi connectivity index (χ0) is 19.0. The van der Waals surface area contributed by atoms with Crippen molar-refractivity contribution in [2.45, 2.75) is 31.9 Å². The number of likely N-dealkylation sites (tertiary alicyclic amines) is 1. The van der Waals surface area contributed by atoms with Gasteiger partial charge in [0.1, 0.15) is 6.10 Å². The summed E-state index contributed by atoms with van der Waals surface area (Å²) in [5, 5.41) is 2.88. The predicted molar refractivity (Wildman–Crippen MR) is 105 cm³/mol. The van der Waals surface area contributed by atoms with Crippen molar-refractivity contribution >= 4 is 29.1 Å². The number of carbonyl (C=O) groups excluding carboxylic acids is 2. The summed E-state index contributed by atoms with van der Waals surface area (Å²) in [4.78, 5) is 29.6. The van der Waals surface area contributed by atoms with E-state index in [1.54, 1.807) is 24.3 Å². The van der Waals surface area contributed by atoms with E-state index in [9.17, 15) is 9.59 Å². The van der Waals surface area contributed by atoms with E-state index >= 15 is 0 Å². The van der Waals surface area contributed by atoms with Gasteiger partial charge in [-0.1, -0.05) is 24.3 Å². The number of nitrogens with one attached hydrogen (secondary N) is 1. The Bertz CT molecular complexity index is 882. The van der Waals surface area contributed by atoms with E-state index in [2.05, 4.69) is 24.2 Å². The zero-order valence-electron chi connectivity index (χ0n) is 15.5. The second kappa shape index (κ2) is 7.04. The SMILES string of the molecule is C[C@H]1C[C@H](OC(=O)N2c3ccccc3NC(=O)c3ccccc32)CCN1C. The minimum atomic E-state index is -0.451. The predicted octanol–water partition coefficient (Wildman–Crippen LogP) is 4.01. The lowest BCUT2D eigenvalue weighted by molar-refractivity contribution is 0.0417. The summed E-state index contributed by atoms with van der Waals surface area (Å²) in [6, 6.07) is 14.7. The summed E-state index contributed by atoms with van der Waals surface area (Å²) in [6.07, 6.45) is 1.03. The molecule has 1 N–H and O–H groups in total. The van der Waals surface area contributed by atoms with Crippen LogP contribution in [0.3, 0.4) is 0 Å². The number of hydrogen-bond donors (Lipinski definition) is 1. The summed E-state index contributed by atoms with van der Waals surface area (Å²) in [5.74, 6) is -0.235. The van der Waals surface area contributed by atoms with Crippen molar-refractivity contribution in [1.29, 1.82) is 0 Å². The lowest BCUT2D eigenvalue weighted by Crippen LogP contribution is -2.43. The van der Waals surface area contributed by atoms with Crippen LogP contribution in [0.25, 0.3) is 0 Å². The molecule has 0 bridgehead atoms. The van der Waals surface area contributed by atoms with E-state index in [-0.39, 0.29) is 12.0 Å². The van der Waals surface area contributed by atoms with Gasteiger partial charge in [-0.15, -0.1) is 0 Å². The highest BCUT2D eigenvalue weighted by molar-refractivity contribution is 6.16. The molecule has 2 aromatic rings. The maximum atomic E-state index is 13.2. The number of carbonyl (C=O) groups is 2. The smallest absolute Gasteiger partial charge is 0.419 e. The topological polar surface area (TPSA) is 61.9 Å². The van der Waals surface area contributed by atoms with Gasteiger partial charge in [-0.2, -0.15) is 0 Å². The molecule has 2 aliphatic rings. The maximum absolute atomic E-state index is 13.2. The fourth-order valence-corrected chi connectivity index (χ4v) is 3.70. The zero-order valence-corrected chi connectivity index (χ0v) is 15.5. The number of amides is 2. The lowest BCUT2D eigenvalue weighted by atomic mass is 10.0. The molecule has 0 unspecified atom stereocenters. The number of anilines is 3. The quantitative estimate of drug-likeness (QED) is 0.829. The molecule has 4 rings (SSSR count). The van der Waals surface area contributed by atoms with E-state index in [4.69, 9.17) is 4.74 Å². The summed E-state index contributed by atoms with van der Waals surface area (Å²) < 4.78 is 5.88. The fourth-order valence-electron chi connectivity index (χ4n) is 3.70. The third-order valence-electron chi connectivity index (χ3n) is 5.39. The van der Waals surface area contributed by atoms with Crippen LogP contribution in [0.2, 0.25) is 0 Å². The Morgan fingerprint density at radius 2 is 1.81 bits per heavy atom. The molecule has 1 fully saturated rings. The number of fused-ring (bicyclic) bond motifs is 2. The van der Waals surface area contributed by atoms with E-state index in [1.165, 1.54) is 4.90 Å². The fraction of sp³-hybridized carbons (Fsp3) is 0.333. The molecule has 2 aromatic carbocycles. The molecule has 2 amide bonds. The molecular weight excluding hydrogens is 342 g/mol. The second-order valence-electron chi connectivity index (χ2n) is 7.18. The van der Waals surface area contributed by atoms with Gasteiger partial charge in [0.15, 0.2) is 0 Å². The van der Waals surface area contributed by atoms with Gasteiger partial charge < -0.3 is 15.0 Å². The van der Waals surface area contributed by atoms with Crippen LogP contribution in [0.5, 0.6) is 0 Å². The highest BCUT2D eigenvalue weighted by Crippen LogP contribution is 2.38. The summed E-state index contributed by atoms with van der Waals surface area (Å²) in [7, 11) is 2.08. The molecular formula is C21H23N3O3. The van der Waals surface area contributed by atoms with Crippen LogP contribution in [-0.4, -0.2) is 42.6 Å². The third-order valence-corrected chi connectivity index (χ3v) is 5.39. The van der Waals surface area contributed by atoms with E-state index in [0.717, 1.165) is 19.4 Å². The first kappa shape index (κ1) is 17.5. The van der Waals surface area contributed by atoms with Gasteiger partial charge >= 0.3 is 6.09 Å². The van der Waals surface area contributed by atoms with Crippen LogP contribution in [-0.2, 0) is 4.74 Å². The summed E-state index contributed by atoms with van der Waals surface area (Å²) in [5.41, 5.74) is 2.18. The number of ether oxygens (including phenoxy) is 1. The van der Waals surface area contributed by atoms with Gasteiger partial charge in [0.05, 0.1) is 22.6 Å². The number of para-hydroxylation sites is 3. The average Bonchev–Trinajstić information content (AvgIpc) is 2.79.